The van der Waals surface area contributed by atoms with Crippen LogP contribution in [0.25, 0.3) is 17.1 Å². The summed E-state index contributed by atoms with van der Waals surface area (Å²) >= 11 is 0. The third kappa shape index (κ3) is 7.79. The van der Waals surface area contributed by atoms with Gasteiger partial charge in [0.2, 0.25) is 5.91 Å². The Morgan fingerprint density at radius 3 is 2.32 bits per heavy atom. The molecule has 2 aromatic carbocycles. The van der Waals surface area contributed by atoms with Crippen molar-refractivity contribution >= 4 is 11.6 Å². The molecule has 7 nitrogen and oxygen atoms in total. The summed E-state index contributed by atoms with van der Waals surface area (Å²) in [6.45, 7) is 7.10. The summed E-state index contributed by atoms with van der Waals surface area (Å²) in [4.78, 5) is 17.0. The van der Waals surface area contributed by atoms with Crippen molar-refractivity contribution in [1.29, 1.82) is 0 Å². The normalized spacial score (nSPS) is 12.4. The van der Waals surface area contributed by atoms with Crippen LogP contribution in [0.15, 0.2) is 48.5 Å². The maximum absolute atomic E-state index is 13.0. The van der Waals surface area contributed by atoms with Crippen LogP contribution in [-0.2, 0) is 15.7 Å². The number of anilines is 1. The van der Waals surface area contributed by atoms with Crippen molar-refractivity contribution in [2.24, 2.45) is 5.92 Å². The van der Waals surface area contributed by atoms with Crippen LogP contribution >= 0.6 is 0 Å². The van der Waals surface area contributed by atoms with Crippen molar-refractivity contribution in [1.82, 2.24) is 14.8 Å². The molecule has 0 saturated carbocycles. The molecule has 0 saturated heterocycles. The molecule has 1 unspecified atom stereocenters. The van der Waals surface area contributed by atoms with E-state index < -0.39 is 11.7 Å². The zero-order valence-corrected chi connectivity index (χ0v) is 21.3. The predicted octanol–water partition coefficient (Wildman–Crippen LogP) is 6.52. The SMILES string of the molecule is CCCCC(CC)C(=O)Nc1ccc(-n2nc(OCCOCC)nc2-c2ccc(C(F)(F)F)cc2)cc1. The maximum atomic E-state index is 13.0. The number of carbonyl (C=O) groups is 1. The van der Waals surface area contributed by atoms with Gasteiger partial charge in [0, 0.05) is 23.8 Å². The van der Waals surface area contributed by atoms with Crippen LogP contribution < -0.4 is 10.1 Å². The third-order valence-electron chi connectivity index (χ3n) is 5.87. The van der Waals surface area contributed by atoms with Gasteiger partial charge < -0.3 is 14.8 Å². The Labute approximate surface area is 215 Å². The molecule has 0 aliphatic rings. The Hall–Kier alpha value is -3.40. The summed E-state index contributed by atoms with van der Waals surface area (Å²) in [6, 6.07) is 11.8. The molecule has 0 bridgehead atoms. The highest BCUT2D eigenvalue weighted by Crippen LogP contribution is 2.31. The average Bonchev–Trinajstić information content (AvgIpc) is 3.31. The number of halogens is 3. The number of unbranched alkanes of at least 4 members (excludes halogenated alkanes) is 1. The van der Waals surface area contributed by atoms with Crippen molar-refractivity contribution < 1.29 is 27.4 Å². The van der Waals surface area contributed by atoms with Crippen LogP contribution in [-0.4, -0.2) is 40.5 Å². The first-order chi connectivity index (χ1) is 17.8. The molecular formula is C27H33F3N4O3. The molecule has 1 aromatic heterocycles. The van der Waals surface area contributed by atoms with Crippen molar-refractivity contribution in [3.63, 3.8) is 0 Å². The molecule has 0 fully saturated rings. The first kappa shape index (κ1) is 28.2. The number of nitrogens with zero attached hydrogens (tertiary/aromatic N) is 3. The summed E-state index contributed by atoms with van der Waals surface area (Å²) < 4.78 is 51.5. The third-order valence-corrected chi connectivity index (χ3v) is 5.87. The fourth-order valence-corrected chi connectivity index (χ4v) is 3.77. The number of nitrogens with one attached hydrogen (secondary N) is 1. The minimum absolute atomic E-state index is 0.0140. The van der Waals surface area contributed by atoms with Crippen LogP contribution in [0.1, 0.15) is 52.0 Å². The second-order valence-corrected chi connectivity index (χ2v) is 8.53. The number of aromatic nitrogens is 3. The van der Waals surface area contributed by atoms with Gasteiger partial charge in [-0.15, -0.1) is 5.10 Å². The van der Waals surface area contributed by atoms with Gasteiger partial charge >= 0.3 is 12.2 Å². The first-order valence-corrected chi connectivity index (χ1v) is 12.5. The minimum atomic E-state index is -4.44. The van der Waals surface area contributed by atoms with Gasteiger partial charge in [-0.2, -0.15) is 18.2 Å². The van der Waals surface area contributed by atoms with Gasteiger partial charge in [-0.3, -0.25) is 4.79 Å². The van der Waals surface area contributed by atoms with E-state index in [1.807, 2.05) is 13.8 Å². The maximum Gasteiger partial charge on any atom is 0.416 e. The van der Waals surface area contributed by atoms with Gasteiger partial charge in [0.15, 0.2) is 5.82 Å². The van der Waals surface area contributed by atoms with E-state index in [0.29, 0.717) is 36.0 Å². The predicted molar refractivity (Wildman–Crippen MR) is 136 cm³/mol. The highest BCUT2D eigenvalue weighted by atomic mass is 19.4. The van der Waals surface area contributed by atoms with Crippen LogP contribution in [0.5, 0.6) is 6.01 Å². The Balaban J connectivity index is 1.85. The summed E-state index contributed by atoms with van der Waals surface area (Å²) in [7, 11) is 0. The van der Waals surface area contributed by atoms with Crippen LogP contribution in [0, 0.1) is 5.92 Å². The average molecular weight is 519 g/mol. The molecule has 0 aliphatic carbocycles. The molecule has 3 rings (SSSR count). The molecule has 37 heavy (non-hydrogen) atoms. The Morgan fingerprint density at radius 2 is 1.73 bits per heavy atom. The van der Waals surface area contributed by atoms with E-state index in [-0.39, 0.29) is 24.4 Å². The highest BCUT2D eigenvalue weighted by molar-refractivity contribution is 5.92. The van der Waals surface area contributed by atoms with Gasteiger partial charge in [-0.25, -0.2) is 4.68 Å². The van der Waals surface area contributed by atoms with Crippen molar-refractivity contribution in [2.75, 3.05) is 25.1 Å². The molecule has 0 spiro atoms. The van der Waals surface area contributed by atoms with Crippen LogP contribution in [0.4, 0.5) is 18.9 Å². The lowest BCUT2D eigenvalue weighted by Gasteiger charge is -2.15. The van der Waals surface area contributed by atoms with Gasteiger partial charge in [-0.05, 0) is 56.2 Å². The van der Waals surface area contributed by atoms with E-state index in [9.17, 15) is 18.0 Å². The summed E-state index contributed by atoms with van der Waals surface area (Å²) in [5.41, 5.74) is 0.949. The number of alkyl halides is 3. The number of amides is 1. The number of hydrogen-bond acceptors (Lipinski definition) is 5. The monoisotopic (exact) mass is 518 g/mol. The zero-order valence-electron chi connectivity index (χ0n) is 21.3. The molecule has 0 radical (unpaired) electrons. The van der Waals surface area contributed by atoms with Gasteiger partial charge in [0.05, 0.1) is 17.9 Å². The molecule has 1 N–H and O–H groups in total. The van der Waals surface area contributed by atoms with Crippen molar-refractivity contribution in [3.05, 3.63) is 54.1 Å². The largest absolute Gasteiger partial charge is 0.460 e. The lowest BCUT2D eigenvalue weighted by Crippen LogP contribution is -2.22. The second kappa shape index (κ2) is 13.2. The fourth-order valence-electron chi connectivity index (χ4n) is 3.77. The van der Waals surface area contributed by atoms with Gasteiger partial charge in [0.25, 0.3) is 0 Å². The molecule has 0 aliphatic heterocycles. The van der Waals surface area contributed by atoms with E-state index in [1.165, 1.54) is 16.8 Å². The van der Waals surface area contributed by atoms with Crippen molar-refractivity contribution in [2.45, 2.75) is 52.6 Å². The number of hydrogen-bond donors (Lipinski definition) is 1. The number of rotatable bonds is 13. The van der Waals surface area contributed by atoms with Gasteiger partial charge in [0.1, 0.15) is 6.61 Å². The molecule has 1 amide bonds. The molecule has 1 atom stereocenters. The van der Waals surface area contributed by atoms with E-state index in [0.717, 1.165) is 37.8 Å². The van der Waals surface area contributed by atoms with Crippen LogP contribution in [0.2, 0.25) is 0 Å². The summed E-state index contributed by atoms with van der Waals surface area (Å²) in [5.74, 6) is 0.264. The second-order valence-electron chi connectivity index (χ2n) is 8.53. The highest BCUT2D eigenvalue weighted by Gasteiger charge is 2.30. The molecular weight excluding hydrogens is 485 g/mol. The summed E-state index contributed by atoms with van der Waals surface area (Å²) in [5, 5.41) is 7.37. The lowest BCUT2D eigenvalue weighted by atomic mass is 9.98. The fraction of sp³-hybridized carbons (Fsp3) is 0.444. The number of carbonyl (C=O) groups excluding carboxylic acids is 1. The molecule has 10 heteroatoms. The quantitative estimate of drug-likeness (QED) is 0.261. The Kier molecular flexibility index (Phi) is 10.1. The van der Waals surface area contributed by atoms with Crippen molar-refractivity contribution in [3.8, 4) is 23.1 Å². The zero-order chi connectivity index (χ0) is 26.8. The number of ether oxygens (including phenoxy) is 2. The van der Waals surface area contributed by atoms with Gasteiger partial charge in [-0.1, -0.05) is 38.8 Å². The Bertz CT molecular complexity index is 1130. The molecule has 200 valence electrons. The lowest BCUT2D eigenvalue weighted by molar-refractivity contribution is -0.137. The van der Waals surface area contributed by atoms with E-state index in [4.69, 9.17) is 9.47 Å². The molecule has 1 heterocycles. The van der Waals surface area contributed by atoms with E-state index in [1.54, 1.807) is 24.3 Å². The topological polar surface area (TPSA) is 78.3 Å². The van der Waals surface area contributed by atoms with Crippen LogP contribution in [0.3, 0.4) is 0 Å². The minimum Gasteiger partial charge on any atom is -0.460 e. The summed E-state index contributed by atoms with van der Waals surface area (Å²) in [6.07, 6.45) is -0.787. The van der Waals surface area contributed by atoms with E-state index in [2.05, 4.69) is 22.3 Å². The smallest absolute Gasteiger partial charge is 0.416 e. The standard InChI is InChI=1S/C27H33F3N4O3/c1-4-7-8-19(5-2)25(35)31-22-13-15-23(16-14-22)34-24(32-26(33-34)37-18-17-36-6-3)20-9-11-21(12-10-20)27(28,29)30/h9-16,19H,4-8,17-18H2,1-3H3,(H,31,35). The Morgan fingerprint density at radius 1 is 1.03 bits per heavy atom. The molecule has 3 aromatic rings. The first-order valence-electron chi connectivity index (χ1n) is 12.5. The van der Waals surface area contributed by atoms with E-state index >= 15 is 0 Å². The number of benzene rings is 2.